The Labute approximate surface area is 193 Å². The van der Waals surface area contributed by atoms with Crippen LogP contribution >= 0.6 is 11.3 Å². The zero-order valence-electron chi connectivity index (χ0n) is 17.5. The van der Waals surface area contributed by atoms with Crippen molar-refractivity contribution in [3.8, 4) is 16.2 Å². The number of aliphatic carboxylic acids is 1. The molecule has 10 nitrogen and oxygen atoms in total. The van der Waals surface area contributed by atoms with Crippen LogP contribution in [0, 0.1) is 11.8 Å². The molecule has 4 unspecified atom stereocenters. The summed E-state index contributed by atoms with van der Waals surface area (Å²) in [6.07, 6.45) is 1.42. The largest absolute Gasteiger partial charge is 0.508 e. The number of thiazole rings is 1. The third kappa shape index (κ3) is 5.68. The van der Waals surface area contributed by atoms with Gasteiger partial charge in [0.1, 0.15) is 11.9 Å². The van der Waals surface area contributed by atoms with Crippen LogP contribution in [0.2, 0.25) is 0 Å². The Bertz CT molecular complexity index is 1070. The molecule has 5 rings (SSSR count). The van der Waals surface area contributed by atoms with Crippen LogP contribution in [0.4, 0.5) is 10.6 Å². The molecule has 4 atom stereocenters. The number of nitrogens with zero attached hydrogens (tertiary/aromatic N) is 2. The maximum Gasteiger partial charge on any atom is 0.412 e. The Hall–Kier alpha value is -3.44. The van der Waals surface area contributed by atoms with Gasteiger partial charge in [-0.15, -0.1) is 11.3 Å². The van der Waals surface area contributed by atoms with Gasteiger partial charge in [-0.25, -0.2) is 19.4 Å². The van der Waals surface area contributed by atoms with Crippen LogP contribution in [-0.4, -0.2) is 70.5 Å². The van der Waals surface area contributed by atoms with E-state index in [-0.39, 0.29) is 30.3 Å². The summed E-state index contributed by atoms with van der Waals surface area (Å²) in [7, 11) is 0. The standard InChI is InChI=1S/C22H23N3O7S/c26-15-3-1-2-13(8-15)20-21(23-12-33-20)24-22(30)31-11-14-9-25-7-6-16(14)17(10-25)32-19(29)5-4-18(27)28/h1-5,8,12,14,16-17,26H,6-7,9-11H2,(H,24,30)(H,27,28)/b5-4+. The third-order valence-electron chi connectivity index (χ3n) is 5.75. The van der Waals surface area contributed by atoms with Gasteiger partial charge in [-0.3, -0.25) is 10.2 Å². The molecule has 0 saturated carbocycles. The maximum absolute atomic E-state index is 12.4. The summed E-state index contributed by atoms with van der Waals surface area (Å²) in [5.41, 5.74) is 2.33. The van der Waals surface area contributed by atoms with E-state index in [0.29, 0.717) is 17.2 Å². The lowest BCUT2D eigenvalue weighted by atomic mass is 9.77. The number of hydrogen-bond acceptors (Lipinski definition) is 9. The number of anilines is 1. The highest BCUT2D eigenvalue weighted by atomic mass is 32.1. The van der Waals surface area contributed by atoms with Gasteiger partial charge in [0.05, 0.1) is 17.0 Å². The van der Waals surface area contributed by atoms with Gasteiger partial charge in [-0.1, -0.05) is 12.1 Å². The van der Waals surface area contributed by atoms with Gasteiger partial charge < -0.3 is 19.7 Å². The number of carboxylic acids is 1. The lowest BCUT2D eigenvalue weighted by Gasteiger charge is -2.48. The van der Waals surface area contributed by atoms with Crippen molar-refractivity contribution in [2.45, 2.75) is 12.5 Å². The predicted molar refractivity (Wildman–Crippen MR) is 119 cm³/mol. The summed E-state index contributed by atoms with van der Waals surface area (Å²) in [4.78, 5) is 41.9. The van der Waals surface area contributed by atoms with Gasteiger partial charge in [0, 0.05) is 37.1 Å². The van der Waals surface area contributed by atoms with Crippen molar-refractivity contribution in [1.29, 1.82) is 0 Å². The van der Waals surface area contributed by atoms with Crippen LogP contribution in [0.15, 0.2) is 41.9 Å². The molecular weight excluding hydrogens is 450 g/mol. The van der Waals surface area contributed by atoms with Crippen molar-refractivity contribution < 1.29 is 34.1 Å². The predicted octanol–water partition coefficient (Wildman–Crippen LogP) is 2.57. The second-order valence-electron chi connectivity index (χ2n) is 7.92. The number of phenols is 1. The number of nitrogens with one attached hydrogen (secondary N) is 1. The lowest BCUT2D eigenvalue weighted by molar-refractivity contribution is -0.158. The van der Waals surface area contributed by atoms with Gasteiger partial charge >= 0.3 is 18.0 Å². The van der Waals surface area contributed by atoms with Gasteiger partial charge in [0.25, 0.3) is 0 Å². The number of phenolic OH excluding ortho intramolecular Hbond substituents is 1. The van der Waals surface area contributed by atoms with Gasteiger partial charge in [-0.05, 0) is 30.7 Å². The molecule has 0 spiro atoms. The quantitative estimate of drug-likeness (QED) is 0.409. The number of rotatable bonds is 7. The van der Waals surface area contributed by atoms with E-state index in [1.54, 1.807) is 23.7 Å². The first kappa shape index (κ1) is 22.7. The number of aromatic hydroxyl groups is 1. The van der Waals surface area contributed by atoms with Crippen LogP contribution in [0.3, 0.4) is 0 Å². The van der Waals surface area contributed by atoms with Crippen LogP contribution in [0.5, 0.6) is 5.75 Å². The zero-order chi connectivity index (χ0) is 23.4. The normalized spacial score (nSPS) is 23.9. The highest BCUT2D eigenvalue weighted by molar-refractivity contribution is 7.13. The summed E-state index contributed by atoms with van der Waals surface area (Å²) >= 11 is 1.33. The number of aromatic nitrogens is 1. The monoisotopic (exact) mass is 473 g/mol. The first-order chi connectivity index (χ1) is 15.9. The Kier molecular flexibility index (Phi) is 6.90. The van der Waals surface area contributed by atoms with Crippen molar-refractivity contribution in [3.05, 3.63) is 41.9 Å². The first-order valence-corrected chi connectivity index (χ1v) is 11.3. The van der Waals surface area contributed by atoms with E-state index in [4.69, 9.17) is 14.6 Å². The molecule has 1 amide bonds. The number of benzene rings is 1. The fraction of sp³-hybridized carbons (Fsp3) is 0.364. The number of fused-ring (bicyclic) bond motifs is 3. The summed E-state index contributed by atoms with van der Waals surface area (Å²) in [6.45, 7) is 2.32. The third-order valence-corrected chi connectivity index (χ3v) is 6.62. The minimum absolute atomic E-state index is 0.0134. The van der Waals surface area contributed by atoms with Gasteiger partial charge in [0.15, 0.2) is 5.82 Å². The number of esters is 1. The van der Waals surface area contributed by atoms with Crippen molar-refractivity contribution >= 4 is 35.2 Å². The minimum Gasteiger partial charge on any atom is -0.508 e. The van der Waals surface area contributed by atoms with Crippen molar-refractivity contribution in [3.63, 3.8) is 0 Å². The highest BCUT2D eigenvalue weighted by Gasteiger charge is 2.43. The average molecular weight is 474 g/mol. The number of carbonyl (C=O) groups excluding carboxylic acids is 2. The van der Waals surface area contributed by atoms with E-state index >= 15 is 0 Å². The maximum atomic E-state index is 12.4. The number of hydrogen-bond donors (Lipinski definition) is 3. The molecule has 2 aromatic rings. The van der Waals surface area contributed by atoms with Gasteiger partial charge in [-0.2, -0.15) is 0 Å². The molecule has 3 aliphatic rings. The molecule has 1 aromatic carbocycles. The molecule has 4 heterocycles. The Balaban J connectivity index is 1.33. The second kappa shape index (κ2) is 10.0. The summed E-state index contributed by atoms with van der Waals surface area (Å²) < 4.78 is 10.9. The molecular formula is C22H23N3O7S. The van der Waals surface area contributed by atoms with Crippen LogP contribution in [-0.2, 0) is 19.1 Å². The van der Waals surface area contributed by atoms with Crippen LogP contribution in [0.1, 0.15) is 6.42 Å². The Morgan fingerprint density at radius 1 is 1.27 bits per heavy atom. The smallest absolute Gasteiger partial charge is 0.412 e. The fourth-order valence-electron chi connectivity index (χ4n) is 4.30. The average Bonchev–Trinajstić information content (AvgIpc) is 3.25. The summed E-state index contributed by atoms with van der Waals surface area (Å²) in [6, 6.07) is 6.67. The topological polar surface area (TPSA) is 138 Å². The molecule has 11 heteroatoms. The molecule has 3 N–H and O–H groups in total. The van der Waals surface area contributed by atoms with Crippen molar-refractivity contribution in [1.82, 2.24) is 9.88 Å². The molecule has 3 fully saturated rings. The van der Waals surface area contributed by atoms with E-state index in [9.17, 15) is 19.5 Å². The van der Waals surface area contributed by atoms with Crippen LogP contribution < -0.4 is 5.32 Å². The molecule has 2 bridgehead atoms. The van der Waals surface area contributed by atoms with E-state index < -0.39 is 18.0 Å². The number of carboxylic acid groups (broad SMARTS) is 1. The van der Waals surface area contributed by atoms with Gasteiger partial charge in [0.2, 0.25) is 0 Å². The fourth-order valence-corrected chi connectivity index (χ4v) is 5.04. The van der Waals surface area contributed by atoms with E-state index in [2.05, 4.69) is 15.2 Å². The SMILES string of the molecule is O=C(O)/C=C/C(=O)OC1CN2CCC1C(COC(=O)Nc1ncsc1-c1cccc(O)c1)C2. The summed E-state index contributed by atoms with van der Waals surface area (Å²) in [5.74, 6) is -1.44. The molecule has 33 heavy (non-hydrogen) atoms. The lowest BCUT2D eigenvalue weighted by Crippen LogP contribution is -2.57. The zero-order valence-corrected chi connectivity index (χ0v) is 18.4. The first-order valence-electron chi connectivity index (χ1n) is 10.4. The Morgan fingerprint density at radius 3 is 2.88 bits per heavy atom. The number of amides is 1. The number of ether oxygens (including phenoxy) is 2. The summed E-state index contributed by atoms with van der Waals surface area (Å²) in [5, 5.41) is 21.0. The molecule has 3 aliphatic heterocycles. The number of carbonyl (C=O) groups is 3. The van der Waals surface area contributed by atoms with Crippen LogP contribution in [0.25, 0.3) is 10.4 Å². The van der Waals surface area contributed by atoms with E-state index in [1.807, 2.05) is 6.07 Å². The molecule has 3 saturated heterocycles. The Morgan fingerprint density at radius 2 is 2.12 bits per heavy atom. The van der Waals surface area contributed by atoms with E-state index in [0.717, 1.165) is 37.2 Å². The van der Waals surface area contributed by atoms with Crippen molar-refractivity contribution in [2.75, 3.05) is 31.6 Å². The molecule has 0 aliphatic carbocycles. The number of piperidine rings is 3. The van der Waals surface area contributed by atoms with Crippen molar-refractivity contribution in [2.24, 2.45) is 11.8 Å². The van der Waals surface area contributed by atoms with E-state index in [1.165, 1.54) is 11.3 Å². The molecule has 0 radical (unpaired) electrons. The minimum atomic E-state index is -1.22. The highest BCUT2D eigenvalue weighted by Crippen LogP contribution is 2.35. The molecule has 1 aromatic heterocycles. The second-order valence-corrected chi connectivity index (χ2v) is 8.78. The molecule has 174 valence electrons.